The number of ether oxygens (including phenoxy) is 1. The van der Waals surface area contributed by atoms with Crippen molar-refractivity contribution < 1.29 is 17.9 Å². The Morgan fingerprint density at radius 1 is 1.22 bits per heavy atom. The number of amides is 1. The fourth-order valence-corrected chi connectivity index (χ4v) is 4.41. The SMILES string of the molecule is COc1ccc(S(=O)(=O)N(Cc2cccnc2)C(C(N)=O)C(C)C)cc1.Cl. The minimum absolute atomic E-state index is 0. The maximum absolute atomic E-state index is 13.2. The molecule has 0 aliphatic rings. The Morgan fingerprint density at radius 2 is 1.85 bits per heavy atom. The highest BCUT2D eigenvalue weighted by Gasteiger charge is 2.36. The van der Waals surface area contributed by atoms with E-state index in [4.69, 9.17) is 10.5 Å². The Morgan fingerprint density at radius 3 is 2.30 bits per heavy atom. The normalized spacial score (nSPS) is 12.5. The third-order valence-corrected chi connectivity index (χ3v) is 5.80. The molecule has 0 aliphatic heterocycles. The zero-order valence-corrected chi connectivity index (χ0v) is 17.0. The molecule has 1 aromatic carbocycles. The number of sulfonamides is 1. The number of benzene rings is 1. The van der Waals surface area contributed by atoms with Gasteiger partial charge in [0.05, 0.1) is 12.0 Å². The summed E-state index contributed by atoms with van der Waals surface area (Å²) in [5.41, 5.74) is 6.20. The van der Waals surface area contributed by atoms with Crippen LogP contribution in [0.2, 0.25) is 0 Å². The van der Waals surface area contributed by atoms with Gasteiger partial charge in [0.25, 0.3) is 0 Å². The molecule has 0 spiro atoms. The van der Waals surface area contributed by atoms with Gasteiger partial charge in [0.2, 0.25) is 15.9 Å². The third kappa shape index (κ3) is 5.41. The van der Waals surface area contributed by atoms with Gasteiger partial charge in [0.1, 0.15) is 11.8 Å². The molecule has 0 saturated carbocycles. The molecule has 9 heteroatoms. The molecule has 1 aromatic heterocycles. The van der Waals surface area contributed by atoms with Crippen LogP contribution in [0.3, 0.4) is 0 Å². The summed E-state index contributed by atoms with van der Waals surface area (Å²) in [6.07, 6.45) is 3.16. The van der Waals surface area contributed by atoms with E-state index in [1.807, 2.05) is 0 Å². The van der Waals surface area contributed by atoms with Crippen LogP contribution in [0.25, 0.3) is 0 Å². The average molecular weight is 414 g/mol. The monoisotopic (exact) mass is 413 g/mol. The second-order valence-electron chi connectivity index (χ2n) is 6.18. The van der Waals surface area contributed by atoms with Crippen molar-refractivity contribution in [2.45, 2.75) is 31.3 Å². The summed E-state index contributed by atoms with van der Waals surface area (Å²) in [5.74, 6) is -0.448. The fourth-order valence-electron chi connectivity index (χ4n) is 2.69. The fraction of sp³-hybridized carbons (Fsp3) is 0.333. The number of hydrogen-bond donors (Lipinski definition) is 1. The molecule has 1 atom stereocenters. The number of carbonyl (C=O) groups is 1. The predicted octanol–water partition coefficient (Wildman–Crippen LogP) is 2.21. The molecule has 7 nitrogen and oxygen atoms in total. The maximum atomic E-state index is 13.2. The molecule has 2 aromatic rings. The van der Waals surface area contributed by atoms with Crippen LogP contribution in [-0.4, -0.2) is 36.8 Å². The molecule has 148 valence electrons. The first-order chi connectivity index (χ1) is 12.3. The summed E-state index contributed by atoms with van der Waals surface area (Å²) in [5, 5.41) is 0. The molecule has 1 amide bonds. The van der Waals surface area contributed by atoms with Crippen molar-refractivity contribution in [2.75, 3.05) is 7.11 Å². The molecule has 0 saturated heterocycles. The number of nitrogens with two attached hydrogens (primary N) is 1. The van der Waals surface area contributed by atoms with Gasteiger partial charge in [0, 0.05) is 18.9 Å². The predicted molar refractivity (Wildman–Crippen MR) is 105 cm³/mol. The van der Waals surface area contributed by atoms with Gasteiger partial charge in [-0.05, 0) is 41.8 Å². The molecule has 0 radical (unpaired) electrons. The van der Waals surface area contributed by atoms with Crippen molar-refractivity contribution >= 4 is 28.3 Å². The largest absolute Gasteiger partial charge is 0.497 e. The minimum Gasteiger partial charge on any atom is -0.497 e. The maximum Gasteiger partial charge on any atom is 0.244 e. The van der Waals surface area contributed by atoms with Gasteiger partial charge < -0.3 is 10.5 Å². The minimum atomic E-state index is -3.96. The summed E-state index contributed by atoms with van der Waals surface area (Å²) in [7, 11) is -2.46. The van der Waals surface area contributed by atoms with Crippen LogP contribution in [0.5, 0.6) is 5.75 Å². The zero-order chi connectivity index (χ0) is 19.3. The lowest BCUT2D eigenvalue weighted by Crippen LogP contribution is -2.50. The topological polar surface area (TPSA) is 103 Å². The lowest BCUT2D eigenvalue weighted by molar-refractivity contribution is -0.123. The van der Waals surface area contributed by atoms with Crippen LogP contribution < -0.4 is 10.5 Å². The lowest BCUT2D eigenvalue weighted by Gasteiger charge is -2.31. The standard InChI is InChI=1S/C18H23N3O4S.ClH/c1-13(2)17(18(19)22)21(12-14-5-4-10-20-11-14)26(23,24)16-8-6-15(25-3)7-9-16;/h4-11,13,17H,12H2,1-3H3,(H2,19,22);1H. The van der Waals surface area contributed by atoms with Gasteiger partial charge in [-0.3, -0.25) is 9.78 Å². The molecule has 1 heterocycles. The number of aromatic nitrogens is 1. The van der Waals surface area contributed by atoms with E-state index in [0.717, 1.165) is 4.31 Å². The van der Waals surface area contributed by atoms with Gasteiger partial charge in [-0.25, -0.2) is 8.42 Å². The molecule has 0 aliphatic carbocycles. The van der Waals surface area contributed by atoms with Crippen molar-refractivity contribution in [3.63, 3.8) is 0 Å². The van der Waals surface area contributed by atoms with Gasteiger partial charge in [-0.1, -0.05) is 19.9 Å². The molecule has 2 N–H and O–H groups in total. The van der Waals surface area contributed by atoms with E-state index >= 15 is 0 Å². The van der Waals surface area contributed by atoms with E-state index in [1.165, 1.54) is 19.2 Å². The molecule has 0 bridgehead atoms. The zero-order valence-electron chi connectivity index (χ0n) is 15.4. The van der Waals surface area contributed by atoms with Gasteiger partial charge in [-0.15, -0.1) is 12.4 Å². The summed E-state index contributed by atoms with van der Waals surface area (Å²) < 4.78 is 32.7. The number of nitrogens with zero attached hydrogens (tertiary/aromatic N) is 2. The summed E-state index contributed by atoms with van der Waals surface area (Å²) in [6.45, 7) is 3.51. The number of rotatable bonds is 8. The summed E-state index contributed by atoms with van der Waals surface area (Å²) in [4.78, 5) is 16.1. The number of methoxy groups -OCH3 is 1. The summed E-state index contributed by atoms with van der Waals surface area (Å²) in [6, 6.07) is 8.49. The van der Waals surface area contributed by atoms with Crippen LogP contribution in [0.15, 0.2) is 53.7 Å². The molecular formula is C18H24ClN3O4S. The first-order valence-electron chi connectivity index (χ1n) is 8.11. The first-order valence-corrected chi connectivity index (χ1v) is 9.55. The Hall–Kier alpha value is -2.16. The van der Waals surface area contributed by atoms with Crippen LogP contribution in [0.1, 0.15) is 19.4 Å². The smallest absolute Gasteiger partial charge is 0.244 e. The first kappa shape index (κ1) is 22.9. The number of primary amides is 1. The van der Waals surface area contributed by atoms with E-state index in [0.29, 0.717) is 11.3 Å². The van der Waals surface area contributed by atoms with E-state index < -0.39 is 22.0 Å². The second kappa shape index (κ2) is 9.68. The number of carbonyl (C=O) groups excluding carboxylic acids is 1. The van der Waals surface area contributed by atoms with Crippen molar-refractivity contribution in [1.82, 2.24) is 9.29 Å². The Balaban J connectivity index is 0.00000364. The number of pyridine rings is 1. The van der Waals surface area contributed by atoms with Crippen LogP contribution in [0.4, 0.5) is 0 Å². The van der Waals surface area contributed by atoms with E-state index in [2.05, 4.69) is 4.98 Å². The van der Waals surface area contributed by atoms with Crippen LogP contribution >= 0.6 is 12.4 Å². The average Bonchev–Trinajstić information content (AvgIpc) is 2.61. The molecule has 2 rings (SSSR count). The quantitative estimate of drug-likeness (QED) is 0.714. The second-order valence-corrected chi connectivity index (χ2v) is 8.07. The van der Waals surface area contributed by atoms with E-state index in [1.54, 1.807) is 50.5 Å². The number of halogens is 1. The highest BCUT2D eigenvalue weighted by atomic mass is 35.5. The third-order valence-electron chi connectivity index (χ3n) is 3.96. The molecule has 0 fully saturated rings. The lowest BCUT2D eigenvalue weighted by atomic mass is 10.0. The van der Waals surface area contributed by atoms with Crippen molar-refractivity contribution in [3.8, 4) is 5.75 Å². The number of hydrogen-bond acceptors (Lipinski definition) is 5. The Bertz CT molecular complexity index is 843. The Labute approximate surface area is 166 Å². The molecule has 1 unspecified atom stereocenters. The van der Waals surface area contributed by atoms with Gasteiger partial charge in [-0.2, -0.15) is 4.31 Å². The van der Waals surface area contributed by atoms with Crippen molar-refractivity contribution in [2.24, 2.45) is 11.7 Å². The van der Waals surface area contributed by atoms with Crippen molar-refractivity contribution in [3.05, 3.63) is 54.4 Å². The highest BCUT2D eigenvalue weighted by Crippen LogP contribution is 2.25. The highest BCUT2D eigenvalue weighted by molar-refractivity contribution is 7.89. The van der Waals surface area contributed by atoms with Gasteiger partial charge >= 0.3 is 0 Å². The molecular weight excluding hydrogens is 390 g/mol. The van der Waals surface area contributed by atoms with E-state index in [-0.39, 0.29) is 29.8 Å². The van der Waals surface area contributed by atoms with Crippen LogP contribution in [-0.2, 0) is 21.4 Å². The summed E-state index contributed by atoms with van der Waals surface area (Å²) >= 11 is 0. The Kier molecular flexibility index (Phi) is 8.20. The van der Waals surface area contributed by atoms with E-state index in [9.17, 15) is 13.2 Å². The molecule has 27 heavy (non-hydrogen) atoms. The van der Waals surface area contributed by atoms with Gasteiger partial charge in [0.15, 0.2) is 0 Å². The van der Waals surface area contributed by atoms with Crippen molar-refractivity contribution in [1.29, 1.82) is 0 Å². The van der Waals surface area contributed by atoms with Crippen LogP contribution in [0, 0.1) is 5.92 Å².